The number of hydrogen-bond acceptors (Lipinski definition) is 4. The number of carbonyl (C=O) groups excluding carboxylic acids is 2. The van der Waals surface area contributed by atoms with Crippen molar-refractivity contribution in [3.63, 3.8) is 0 Å². The van der Waals surface area contributed by atoms with E-state index in [-0.39, 0.29) is 23.8 Å². The Morgan fingerprint density at radius 3 is 2.71 bits per heavy atom. The van der Waals surface area contributed by atoms with Gasteiger partial charge in [-0.1, -0.05) is 20.3 Å². The number of esters is 1. The van der Waals surface area contributed by atoms with Crippen molar-refractivity contribution >= 4 is 11.9 Å². The third-order valence-electron chi connectivity index (χ3n) is 3.34. The summed E-state index contributed by atoms with van der Waals surface area (Å²) in [6.07, 6.45) is 2.66. The Morgan fingerprint density at radius 2 is 2.24 bits per heavy atom. The van der Waals surface area contributed by atoms with Crippen LogP contribution in [0.5, 0.6) is 0 Å². The summed E-state index contributed by atoms with van der Waals surface area (Å²) in [5.74, 6) is -0.392. The van der Waals surface area contributed by atoms with Gasteiger partial charge in [0.15, 0.2) is 0 Å². The van der Waals surface area contributed by atoms with Gasteiger partial charge in [-0.25, -0.2) is 4.79 Å². The first-order chi connectivity index (χ1) is 8.10. The molecule has 2 N–H and O–H groups in total. The van der Waals surface area contributed by atoms with E-state index in [0.29, 0.717) is 0 Å². The largest absolute Gasteiger partial charge is 0.467 e. The molecule has 17 heavy (non-hydrogen) atoms. The molecule has 0 saturated carbocycles. The molecule has 1 fully saturated rings. The minimum Gasteiger partial charge on any atom is -0.467 e. The molecule has 3 atom stereocenters. The van der Waals surface area contributed by atoms with Crippen molar-refractivity contribution in [3.05, 3.63) is 0 Å². The first-order valence-corrected chi connectivity index (χ1v) is 6.21. The predicted octanol–water partition coefficient (Wildman–Crippen LogP) is 0.442. The van der Waals surface area contributed by atoms with Gasteiger partial charge in [0.1, 0.15) is 6.04 Å². The molecule has 1 aliphatic heterocycles. The van der Waals surface area contributed by atoms with Gasteiger partial charge in [0.2, 0.25) is 5.91 Å². The van der Waals surface area contributed by atoms with Crippen LogP contribution in [0.3, 0.4) is 0 Å². The highest BCUT2D eigenvalue weighted by Crippen LogP contribution is 2.11. The Bertz CT molecular complexity index is 275. The van der Waals surface area contributed by atoms with Crippen molar-refractivity contribution in [2.24, 2.45) is 5.92 Å². The monoisotopic (exact) mass is 242 g/mol. The van der Waals surface area contributed by atoms with Gasteiger partial charge in [-0.15, -0.1) is 0 Å². The number of hydrogen-bond donors (Lipinski definition) is 2. The number of amides is 1. The minimum atomic E-state index is -0.542. The zero-order valence-corrected chi connectivity index (χ0v) is 10.8. The van der Waals surface area contributed by atoms with E-state index in [4.69, 9.17) is 4.74 Å². The van der Waals surface area contributed by atoms with Gasteiger partial charge in [0.05, 0.1) is 13.2 Å². The Balaban J connectivity index is 2.58. The summed E-state index contributed by atoms with van der Waals surface area (Å²) in [5.41, 5.74) is 0. The van der Waals surface area contributed by atoms with Crippen molar-refractivity contribution in [2.75, 3.05) is 13.7 Å². The molecule has 0 bridgehead atoms. The van der Waals surface area contributed by atoms with Gasteiger partial charge in [-0.3, -0.25) is 4.79 Å². The number of nitrogens with one attached hydrogen (secondary N) is 2. The molecule has 0 aromatic carbocycles. The molecule has 1 amide bonds. The molecule has 1 saturated heterocycles. The lowest BCUT2D eigenvalue weighted by molar-refractivity contribution is -0.146. The summed E-state index contributed by atoms with van der Waals surface area (Å²) in [7, 11) is 1.34. The maximum absolute atomic E-state index is 11.9. The molecule has 0 radical (unpaired) electrons. The van der Waals surface area contributed by atoms with E-state index in [0.717, 1.165) is 25.8 Å². The SMILES string of the molecule is CCC(C)C(NC(=O)[C@@H]1CCCN1)C(=O)OC. The van der Waals surface area contributed by atoms with E-state index in [1.807, 2.05) is 13.8 Å². The van der Waals surface area contributed by atoms with Crippen molar-refractivity contribution in [1.82, 2.24) is 10.6 Å². The van der Waals surface area contributed by atoms with Crippen molar-refractivity contribution in [2.45, 2.75) is 45.2 Å². The molecule has 0 aromatic heterocycles. The van der Waals surface area contributed by atoms with Crippen molar-refractivity contribution in [3.8, 4) is 0 Å². The predicted molar refractivity (Wildman–Crippen MR) is 64.4 cm³/mol. The Labute approximate surface area is 102 Å². The lowest BCUT2D eigenvalue weighted by Crippen LogP contribution is -2.51. The standard InChI is InChI=1S/C12H22N2O3/c1-4-8(2)10(12(16)17-3)14-11(15)9-6-5-7-13-9/h8-10,13H,4-7H2,1-3H3,(H,14,15)/t8?,9-,10?/m0/s1. The average molecular weight is 242 g/mol. The maximum Gasteiger partial charge on any atom is 0.328 e. The first kappa shape index (κ1) is 14.0. The molecule has 1 heterocycles. The summed E-state index contributed by atoms with van der Waals surface area (Å²) >= 11 is 0. The molecule has 1 rings (SSSR count). The lowest BCUT2D eigenvalue weighted by atomic mass is 9.99. The maximum atomic E-state index is 11.9. The molecule has 5 nitrogen and oxygen atoms in total. The fraction of sp³-hybridized carbons (Fsp3) is 0.833. The number of ether oxygens (including phenoxy) is 1. The summed E-state index contributed by atoms with van der Waals surface area (Å²) in [6, 6.07) is -0.703. The van der Waals surface area contributed by atoms with Crippen molar-refractivity contribution < 1.29 is 14.3 Å². The molecule has 98 valence electrons. The van der Waals surface area contributed by atoms with Gasteiger partial charge in [0.25, 0.3) is 0 Å². The van der Waals surface area contributed by atoms with E-state index in [9.17, 15) is 9.59 Å². The summed E-state index contributed by atoms with van der Waals surface area (Å²) < 4.78 is 4.72. The van der Waals surface area contributed by atoms with E-state index >= 15 is 0 Å². The topological polar surface area (TPSA) is 67.4 Å². The highest BCUT2D eigenvalue weighted by Gasteiger charge is 2.30. The Hall–Kier alpha value is -1.10. The van der Waals surface area contributed by atoms with Crippen LogP contribution in [-0.2, 0) is 14.3 Å². The normalized spacial score (nSPS) is 22.9. The van der Waals surface area contributed by atoms with Crippen LogP contribution in [0.4, 0.5) is 0 Å². The van der Waals surface area contributed by atoms with Crippen LogP contribution in [0, 0.1) is 5.92 Å². The van der Waals surface area contributed by atoms with Crippen LogP contribution >= 0.6 is 0 Å². The van der Waals surface area contributed by atoms with E-state index in [1.165, 1.54) is 7.11 Å². The zero-order valence-electron chi connectivity index (χ0n) is 10.8. The molecule has 0 aliphatic carbocycles. The average Bonchev–Trinajstić information content (AvgIpc) is 2.87. The van der Waals surface area contributed by atoms with Gasteiger partial charge >= 0.3 is 5.97 Å². The second-order valence-electron chi connectivity index (χ2n) is 4.54. The highest BCUT2D eigenvalue weighted by atomic mass is 16.5. The van der Waals surface area contributed by atoms with Crippen LogP contribution < -0.4 is 10.6 Å². The van der Waals surface area contributed by atoms with Crippen molar-refractivity contribution in [1.29, 1.82) is 0 Å². The van der Waals surface area contributed by atoms with E-state index in [2.05, 4.69) is 10.6 Å². The first-order valence-electron chi connectivity index (χ1n) is 6.21. The number of methoxy groups -OCH3 is 1. The summed E-state index contributed by atoms with van der Waals surface area (Å²) in [5, 5.41) is 5.90. The van der Waals surface area contributed by atoms with Crippen LogP contribution in [-0.4, -0.2) is 37.6 Å². The highest BCUT2D eigenvalue weighted by molar-refractivity contribution is 5.87. The van der Waals surface area contributed by atoms with Gasteiger partial charge in [-0.2, -0.15) is 0 Å². The van der Waals surface area contributed by atoms with Crippen LogP contribution in [0.1, 0.15) is 33.1 Å². The second-order valence-corrected chi connectivity index (χ2v) is 4.54. The minimum absolute atomic E-state index is 0.0767. The fourth-order valence-corrected chi connectivity index (χ4v) is 1.96. The molecule has 5 heteroatoms. The summed E-state index contributed by atoms with van der Waals surface area (Å²) in [6.45, 7) is 4.79. The van der Waals surface area contributed by atoms with Gasteiger partial charge < -0.3 is 15.4 Å². The zero-order chi connectivity index (χ0) is 12.8. The molecular formula is C12H22N2O3. The van der Waals surface area contributed by atoms with Gasteiger partial charge in [0, 0.05) is 0 Å². The third-order valence-corrected chi connectivity index (χ3v) is 3.34. The smallest absolute Gasteiger partial charge is 0.328 e. The van der Waals surface area contributed by atoms with Crippen LogP contribution in [0.25, 0.3) is 0 Å². The Kier molecular flexibility index (Phi) is 5.41. The lowest BCUT2D eigenvalue weighted by Gasteiger charge is -2.23. The fourth-order valence-electron chi connectivity index (χ4n) is 1.96. The molecule has 0 spiro atoms. The molecule has 1 aliphatic rings. The van der Waals surface area contributed by atoms with Crippen LogP contribution in [0.2, 0.25) is 0 Å². The quantitative estimate of drug-likeness (QED) is 0.687. The molecule has 0 aromatic rings. The third kappa shape index (κ3) is 3.70. The summed E-state index contributed by atoms with van der Waals surface area (Å²) in [4.78, 5) is 23.5. The van der Waals surface area contributed by atoms with Gasteiger partial charge in [-0.05, 0) is 25.3 Å². The second kappa shape index (κ2) is 6.59. The number of carbonyl (C=O) groups is 2. The van der Waals surface area contributed by atoms with E-state index < -0.39 is 6.04 Å². The van der Waals surface area contributed by atoms with Crippen LogP contribution in [0.15, 0.2) is 0 Å². The molecule has 2 unspecified atom stereocenters. The molecular weight excluding hydrogens is 220 g/mol. The number of rotatable bonds is 5. The van der Waals surface area contributed by atoms with E-state index in [1.54, 1.807) is 0 Å². The Morgan fingerprint density at radius 1 is 1.53 bits per heavy atom.